The number of hydrogen-bond donors (Lipinski definition) is 2. The van der Waals surface area contributed by atoms with Crippen molar-refractivity contribution in [2.75, 3.05) is 5.73 Å². The van der Waals surface area contributed by atoms with E-state index in [1.54, 1.807) is 28.6 Å². The van der Waals surface area contributed by atoms with Gasteiger partial charge in [0.2, 0.25) is 0 Å². The van der Waals surface area contributed by atoms with Crippen LogP contribution < -0.4 is 17.0 Å². The number of aromatic nitrogens is 6. The first-order valence-corrected chi connectivity index (χ1v) is 14.0. The minimum absolute atomic E-state index is 0.0888. The molecule has 11 nitrogen and oxygen atoms in total. The molecule has 0 saturated carbocycles. The van der Waals surface area contributed by atoms with Crippen LogP contribution in [0, 0.1) is 17.8 Å². The molecular formula is C33H35N9O2. The van der Waals surface area contributed by atoms with Gasteiger partial charge in [0.1, 0.15) is 11.4 Å². The largest absolute Gasteiger partial charge is 0.381 e. The number of allylic oxidation sites excluding steroid dienone is 1. The smallest absolute Gasteiger partial charge is 0.267 e. The third-order valence-electron chi connectivity index (χ3n) is 6.67. The van der Waals surface area contributed by atoms with E-state index in [9.17, 15) is 9.59 Å². The molecule has 5 rings (SSSR count). The van der Waals surface area contributed by atoms with Gasteiger partial charge in [-0.3, -0.25) is 18.8 Å². The van der Waals surface area contributed by atoms with Crippen LogP contribution in [0.4, 0.5) is 11.6 Å². The Morgan fingerprint density at radius 3 is 2.43 bits per heavy atom. The predicted molar refractivity (Wildman–Crippen MR) is 174 cm³/mol. The van der Waals surface area contributed by atoms with Crippen molar-refractivity contribution in [2.45, 2.75) is 27.2 Å². The Labute approximate surface area is 255 Å². The number of rotatable bonds is 6. The second-order valence-corrected chi connectivity index (χ2v) is 10.2. The molecule has 0 bridgehead atoms. The van der Waals surface area contributed by atoms with Crippen LogP contribution in [0.25, 0.3) is 16.6 Å². The Morgan fingerprint density at radius 2 is 1.84 bits per heavy atom. The van der Waals surface area contributed by atoms with Gasteiger partial charge < -0.3 is 11.5 Å². The maximum absolute atomic E-state index is 13.4. The van der Waals surface area contributed by atoms with Crippen molar-refractivity contribution >= 4 is 34.2 Å². The molecule has 4 N–H and O–H groups in total. The summed E-state index contributed by atoms with van der Waals surface area (Å²) in [5.74, 6) is 6.93. The van der Waals surface area contributed by atoms with E-state index in [1.807, 2.05) is 82.5 Å². The monoisotopic (exact) mass is 589 g/mol. The van der Waals surface area contributed by atoms with Crippen molar-refractivity contribution in [3.8, 4) is 17.5 Å². The van der Waals surface area contributed by atoms with Gasteiger partial charge in [-0.05, 0) is 36.3 Å². The normalized spacial score (nSPS) is 11.1. The fourth-order valence-electron chi connectivity index (χ4n) is 4.52. The lowest BCUT2D eigenvalue weighted by atomic mass is 10.1. The number of amides is 1. The van der Waals surface area contributed by atoms with E-state index < -0.39 is 5.91 Å². The summed E-state index contributed by atoms with van der Waals surface area (Å²) >= 11 is 0. The van der Waals surface area contributed by atoms with Gasteiger partial charge in [-0.2, -0.15) is 10.2 Å². The number of nitrogens with two attached hydrogens (primary N) is 2. The van der Waals surface area contributed by atoms with E-state index >= 15 is 0 Å². The highest BCUT2D eigenvalue weighted by Crippen LogP contribution is 2.24. The third-order valence-corrected chi connectivity index (χ3v) is 6.67. The molecule has 0 aliphatic rings. The second kappa shape index (κ2) is 13.5. The van der Waals surface area contributed by atoms with Crippen molar-refractivity contribution < 1.29 is 4.79 Å². The lowest BCUT2D eigenvalue weighted by Crippen LogP contribution is -2.24. The van der Waals surface area contributed by atoms with Crippen LogP contribution in [0.2, 0.25) is 0 Å². The van der Waals surface area contributed by atoms with Crippen molar-refractivity contribution in [3.63, 3.8) is 0 Å². The Kier molecular flexibility index (Phi) is 9.55. The zero-order valence-corrected chi connectivity index (χ0v) is 25.4. The molecule has 5 aromatic rings. The maximum Gasteiger partial charge on any atom is 0.267 e. The zero-order chi connectivity index (χ0) is 32.0. The number of carbonyl (C=O) groups is 1. The number of aryl methyl sites for hydroxylation is 3. The van der Waals surface area contributed by atoms with Crippen LogP contribution in [0.15, 0.2) is 83.4 Å². The number of aliphatic imine (C=N–C) groups is 1. The number of benzene rings is 2. The number of hydrogen-bond acceptors (Lipinski definition) is 7. The molecule has 0 unspecified atom stereocenters. The molecule has 224 valence electrons. The van der Waals surface area contributed by atoms with Gasteiger partial charge in [0, 0.05) is 38.0 Å². The van der Waals surface area contributed by atoms with Gasteiger partial charge in [-0.25, -0.2) is 14.7 Å². The standard InChI is InChI=1S/C22H18N4O.C11H17N5O/c1-3-20-24-19-11-7-8-17(13-12-16-14-23-25(2)15-16)21(19)22(27)26(20)18-9-5-4-6-10-18;1-5-7(6(2)3)14-11-8(10(13)17)9(12)15-16(11)4/h4-11,14-15H,3H2,1-2H3;5-6H,1H2,2-4H3,(H2,12,15)(H2,13,17)/b;14-7+. The minimum Gasteiger partial charge on any atom is -0.381 e. The molecule has 0 aliphatic carbocycles. The second-order valence-electron chi connectivity index (χ2n) is 10.2. The predicted octanol–water partition coefficient (Wildman–Crippen LogP) is 4.10. The molecule has 0 radical (unpaired) electrons. The van der Waals surface area contributed by atoms with Gasteiger partial charge in [0.25, 0.3) is 11.5 Å². The Bertz CT molecular complexity index is 1980. The fourth-order valence-corrected chi connectivity index (χ4v) is 4.52. The Morgan fingerprint density at radius 1 is 1.11 bits per heavy atom. The van der Waals surface area contributed by atoms with Crippen LogP contribution in [0.3, 0.4) is 0 Å². The molecular weight excluding hydrogens is 554 g/mol. The zero-order valence-electron chi connectivity index (χ0n) is 25.4. The Hall–Kier alpha value is -5.76. The summed E-state index contributed by atoms with van der Waals surface area (Å²) in [6, 6.07) is 15.2. The van der Waals surface area contributed by atoms with E-state index in [2.05, 4.69) is 33.6 Å². The van der Waals surface area contributed by atoms with Gasteiger partial charge in [0.15, 0.2) is 11.6 Å². The van der Waals surface area contributed by atoms with Crippen molar-refractivity contribution in [2.24, 2.45) is 30.7 Å². The summed E-state index contributed by atoms with van der Waals surface area (Å²) in [6.07, 6.45) is 5.84. The molecule has 1 amide bonds. The van der Waals surface area contributed by atoms with Gasteiger partial charge in [-0.15, -0.1) is 0 Å². The lowest BCUT2D eigenvalue weighted by molar-refractivity contribution is 0.100. The van der Waals surface area contributed by atoms with Crippen LogP contribution in [0.5, 0.6) is 0 Å². The van der Waals surface area contributed by atoms with E-state index in [0.29, 0.717) is 28.7 Å². The third kappa shape index (κ3) is 6.65. The number of primary amides is 1. The quantitative estimate of drug-likeness (QED) is 0.225. The van der Waals surface area contributed by atoms with Crippen LogP contribution in [-0.2, 0) is 20.5 Å². The molecule has 44 heavy (non-hydrogen) atoms. The highest BCUT2D eigenvalue weighted by molar-refractivity contribution is 6.04. The number of para-hydroxylation sites is 1. The molecule has 3 heterocycles. The average molecular weight is 590 g/mol. The van der Waals surface area contributed by atoms with Gasteiger partial charge in [0.05, 0.1) is 28.4 Å². The Balaban J connectivity index is 0.000000225. The number of carbonyl (C=O) groups excluding carboxylic acids is 1. The number of nitrogen functional groups attached to an aromatic ring is 1. The number of fused-ring (bicyclic) bond motifs is 1. The maximum atomic E-state index is 13.4. The van der Waals surface area contributed by atoms with Crippen LogP contribution in [-0.4, -0.2) is 40.7 Å². The molecule has 3 aromatic heterocycles. The van der Waals surface area contributed by atoms with Gasteiger partial charge >= 0.3 is 0 Å². The summed E-state index contributed by atoms with van der Waals surface area (Å²) in [6.45, 7) is 9.63. The highest BCUT2D eigenvalue weighted by Gasteiger charge is 2.19. The van der Waals surface area contributed by atoms with Crippen LogP contribution >= 0.6 is 0 Å². The average Bonchev–Trinajstić information content (AvgIpc) is 3.55. The first kappa shape index (κ1) is 31.2. The SMILES string of the molecule is C=C/C(=N\c1c(C(N)=O)c(N)nn1C)C(C)C.CCc1nc2cccc(C#Cc3cnn(C)c3)c2c(=O)n1-c1ccccc1. The van der Waals surface area contributed by atoms with Crippen molar-refractivity contribution in [1.82, 2.24) is 29.1 Å². The molecule has 0 atom stereocenters. The fraction of sp³-hybridized carbons (Fsp3) is 0.212. The summed E-state index contributed by atoms with van der Waals surface area (Å²) in [4.78, 5) is 33.7. The topological polar surface area (TPSA) is 152 Å². The molecule has 11 heteroatoms. The molecule has 0 fully saturated rings. The molecule has 0 saturated heterocycles. The summed E-state index contributed by atoms with van der Waals surface area (Å²) < 4.78 is 4.81. The van der Waals surface area contributed by atoms with Crippen molar-refractivity contribution in [3.05, 3.63) is 106 Å². The number of nitrogens with zero attached hydrogens (tertiary/aromatic N) is 7. The van der Waals surface area contributed by atoms with E-state index in [-0.39, 0.29) is 22.9 Å². The lowest BCUT2D eigenvalue weighted by Gasteiger charge is -2.13. The first-order valence-electron chi connectivity index (χ1n) is 14.0. The van der Waals surface area contributed by atoms with E-state index in [0.717, 1.165) is 22.8 Å². The van der Waals surface area contributed by atoms with Crippen molar-refractivity contribution in [1.29, 1.82) is 0 Å². The molecule has 0 aliphatic heterocycles. The summed E-state index contributed by atoms with van der Waals surface area (Å²) in [5.41, 5.74) is 14.6. The minimum atomic E-state index is -0.637. The summed E-state index contributed by atoms with van der Waals surface area (Å²) in [5, 5.41) is 8.59. The summed E-state index contributed by atoms with van der Waals surface area (Å²) in [7, 11) is 3.50. The first-order chi connectivity index (χ1) is 21.0. The van der Waals surface area contributed by atoms with E-state index in [1.165, 1.54) is 4.68 Å². The van der Waals surface area contributed by atoms with Crippen LogP contribution in [0.1, 0.15) is 48.1 Å². The molecule has 2 aromatic carbocycles. The number of anilines is 1. The van der Waals surface area contributed by atoms with Gasteiger partial charge in [-0.1, -0.05) is 63.5 Å². The molecule has 0 spiro atoms. The highest BCUT2D eigenvalue weighted by atomic mass is 16.1. The van der Waals surface area contributed by atoms with E-state index in [4.69, 9.17) is 16.5 Å².